The Bertz CT molecular complexity index is 651. The number of aliphatic imine (C=N–C) groups is 1. The molecule has 1 heterocycles. The van der Waals surface area contributed by atoms with Crippen molar-refractivity contribution in [3.63, 3.8) is 0 Å². The van der Waals surface area contributed by atoms with E-state index in [-0.39, 0.29) is 17.5 Å². The van der Waals surface area contributed by atoms with Crippen LogP contribution in [0.2, 0.25) is 0 Å². The maximum atomic E-state index is 12.4. The van der Waals surface area contributed by atoms with E-state index in [4.69, 9.17) is 22.1 Å². The lowest BCUT2D eigenvalue weighted by atomic mass is 9.54. The van der Waals surface area contributed by atoms with Gasteiger partial charge in [-0.15, -0.1) is 11.8 Å². The predicted molar refractivity (Wildman–Crippen MR) is 95.5 cm³/mol. The third kappa shape index (κ3) is 3.33. The number of primary amides is 1. The number of esters is 1. The van der Waals surface area contributed by atoms with E-state index in [1.54, 1.807) is 20.8 Å². The van der Waals surface area contributed by atoms with Gasteiger partial charge in [0, 0.05) is 5.41 Å². The Hall–Kier alpha value is -1.77. The molecule has 0 radical (unpaired) electrons. The minimum atomic E-state index is -1.82. The van der Waals surface area contributed by atoms with Crippen molar-refractivity contribution in [2.75, 3.05) is 12.4 Å². The number of rotatable bonds is 7. The van der Waals surface area contributed by atoms with E-state index in [1.165, 1.54) is 0 Å². The van der Waals surface area contributed by atoms with Crippen LogP contribution in [-0.2, 0) is 14.3 Å². The minimum Gasteiger partial charge on any atom is -0.465 e. The number of nitrogens with zero attached hydrogens (tertiary/aromatic N) is 3. The van der Waals surface area contributed by atoms with E-state index >= 15 is 0 Å². The van der Waals surface area contributed by atoms with Gasteiger partial charge < -0.3 is 10.5 Å². The molecule has 0 fully saturated rings. The molecule has 0 bridgehead atoms. The highest BCUT2D eigenvalue weighted by molar-refractivity contribution is 8.00. The average Bonchev–Trinajstić information content (AvgIpc) is 2.59. The molecule has 0 saturated carbocycles. The molecule has 136 valence electrons. The zero-order valence-electron chi connectivity index (χ0n) is 14.4. The van der Waals surface area contributed by atoms with Crippen LogP contribution in [0.4, 0.5) is 0 Å². The molecule has 0 aliphatic carbocycles. The largest absolute Gasteiger partial charge is 0.465 e. The molecule has 0 aromatic heterocycles. The van der Waals surface area contributed by atoms with E-state index < -0.39 is 34.0 Å². The molecule has 1 aliphatic heterocycles. The summed E-state index contributed by atoms with van der Waals surface area (Å²) in [5.74, 6) is -2.58. The van der Waals surface area contributed by atoms with Gasteiger partial charge in [0.1, 0.15) is 16.5 Å². The van der Waals surface area contributed by atoms with Crippen LogP contribution in [0.1, 0.15) is 33.6 Å². The molecule has 1 aliphatic rings. The number of nitriles is 2. The molecule has 1 unspecified atom stereocenters. The maximum Gasteiger partial charge on any atom is 0.315 e. The Balaban J connectivity index is 3.50. The number of amides is 1. The van der Waals surface area contributed by atoms with Gasteiger partial charge in [-0.2, -0.15) is 10.5 Å². The molecule has 0 saturated heterocycles. The Morgan fingerprint density at radius 3 is 2.36 bits per heavy atom. The fraction of sp³-hybridized carbons (Fsp3) is 0.688. The van der Waals surface area contributed by atoms with Gasteiger partial charge >= 0.3 is 5.97 Å². The van der Waals surface area contributed by atoms with E-state index in [0.717, 1.165) is 11.8 Å². The van der Waals surface area contributed by atoms with Gasteiger partial charge in [-0.1, -0.05) is 25.4 Å². The highest BCUT2D eigenvalue weighted by Crippen LogP contribution is 2.58. The summed E-state index contributed by atoms with van der Waals surface area (Å²) in [5, 5.41) is 18.6. The maximum absolute atomic E-state index is 12.4. The Labute approximate surface area is 156 Å². The second-order valence-corrected chi connectivity index (χ2v) is 7.09. The third-order valence-corrected chi connectivity index (χ3v) is 6.38. The van der Waals surface area contributed by atoms with E-state index in [0.29, 0.717) is 12.8 Å². The van der Waals surface area contributed by atoms with Gasteiger partial charge in [-0.05, 0) is 19.8 Å². The summed E-state index contributed by atoms with van der Waals surface area (Å²) in [6.45, 7) is 5.56. The zero-order valence-corrected chi connectivity index (χ0v) is 16.0. The molecule has 2 N–H and O–H groups in total. The van der Waals surface area contributed by atoms with Crippen molar-refractivity contribution in [3.05, 3.63) is 0 Å². The molecule has 0 aromatic rings. The average molecular weight is 385 g/mol. The summed E-state index contributed by atoms with van der Waals surface area (Å²) in [6, 6.07) is 3.91. The van der Waals surface area contributed by atoms with Crippen molar-refractivity contribution in [3.8, 4) is 12.1 Å². The molecule has 3 atom stereocenters. The summed E-state index contributed by atoms with van der Waals surface area (Å²) in [4.78, 5) is 28.4. The molecular weight excluding hydrogens is 364 g/mol. The Morgan fingerprint density at radius 1 is 1.36 bits per heavy atom. The van der Waals surface area contributed by atoms with Crippen molar-refractivity contribution >= 4 is 40.4 Å². The van der Waals surface area contributed by atoms with Crippen LogP contribution < -0.4 is 5.73 Å². The number of nitrogens with two attached hydrogens (primary N) is 1. The molecule has 25 heavy (non-hydrogen) atoms. The molecular formula is C16H21ClN4O3S. The fourth-order valence-electron chi connectivity index (χ4n) is 3.44. The number of carbonyl (C=O) groups is 2. The number of thioether (sulfide) groups is 1. The number of carbonyl (C=O) groups excluding carboxylic acids is 2. The first kappa shape index (κ1) is 21.3. The summed E-state index contributed by atoms with van der Waals surface area (Å²) >= 11 is 7.28. The quantitative estimate of drug-likeness (QED) is 0.669. The molecule has 1 rings (SSSR count). The number of hydrogen-bond donors (Lipinski definition) is 1. The molecule has 7 nitrogen and oxygen atoms in total. The first-order valence-electron chi connectivity index (χ1n) is 7.92. The van der Waals surface area contributed by atoms with Crippen LogP contribution in [0.3, 0.4) is 0 Å². The van der Waals surface area contributed by atoms with Crippen LogP contribution >= 0.6 is 23.4 Å². The van der Waals surface area contributed by atoms with Gasteiger partial charge in [0.05, 0.1) is 24.5 Å². The second kappa shape index (κ2) is 8.55. The van der Waals surface area contributed by atoms with Crippen LogP contribution in [-0.4, -0.2) is 34.8 Å². The van der Waals surface area contributed by atoms with Crippen molar-refractivity contribution in [2.45, 2.75) is 39.0 Å². The fourth-order valence-corrected chi connectivity index (χ4v) is 5.21. The van der Waals surface area contributed by atoms with Crippen molar-refractivity contribution in [1.82, 2.24) is 0 Å². The van der Waals surface area contributed by atoms with Crippen molar-refractivity contribution in [1.29, 1.82) is 10.5 Å². The summed E-state index contributed by atoms with van der Waals surface area (Å²) in [6.07, 6.45) is 0.735. The summed E-state index contributed by atoms with van der Waals surface area (Å²) in [7, 11) is 0. The minimum absolute atomic E-state index is 0.00852. The lowest BCUT2D eigenvalue weighted by Gasteiger charge is -2.51. The van der Waals surface area contributed by atoms with Crippen molar-refractivity contribution < 1.29 is 14.3 Å². The van der Waals surface area contributed by atoms with Gasteiger partial charge in [0.2, 0.25) is 5.91 Å². The lowest BCUT2D eigenvalue weighted by molar-refractivity contribution is -0.139. The second-order valence-electron chi connectivity index (χ2n) is 5.63. The Morgan fingerprint density at radius 2 is 1.96 bits per heavy atom. The molecule has 0 aromatic carbocycles. The number of halogens is 1. The highest BCUT2D eigenvalue weighted by atomic mass is 35.5. The predicted octanol–water partition coefficient (Wildman–Crippen LogP) is 2.20. The first-order valence-corrected chi connectivity index (χ1v) is 9.35. The van der Waals surface area contributed by atoms with E-state index in [2.05, 4.69) is 4.99 Å². The van der Waals surface area contributed by atoms with Gasteiger partial charge in [0.15, 0.2) is 5.41 Å². The zero-order chi connectivity index (χ0) is 19.3. The van der Waals surface area contributed by atoms with Crippen LogP contribution in [0.5, 0.6) is 0 Å². The smallest absolute Gasteiger partial charge is 0.315 e. The van der Waals surface area contributed by atoms with E-state index in [9.17, 15) is 20.1 Å². The summed E-state index contributed by atoms with van der Waals surface area (Å²) in [5.41, 5.74) is 2.76. The normalized spacial score (nSPS) is 27.5. The number of ether oxygens (including phenoxy) is 1. The third-order valence-electron chi connectivity index (χ3n) is 4.79. The molecule has 9 heteroatoms. The SMILES string of the molecule is CCOC(=O)CS[C@H]1N=C(Cl)C(C#N)[C@](C#N)(C(N)=O)C1(CC)CC. The van der Waals surface area contributed by atoms with Gasteiger partial charge in [-0.3, -0.25) is 14.6 Å². The molecule has 0 spiro atoms. The standard InChI is InChI=1S/C16H21ClN4O3S/c1-4-15(5-2)14(25-8-11(22)24-6-3)21-12(17)10(7-18)16(15,9-19)13(20)23/h10,14H,4-6,8H2,1-3H3,(H2,20,23)/t10?,14-,16-/m1/s1. The Kier molecular flexibility index (Phi) is 7.28. The first-order chi connectivity index (χ1) is 11.8. The topological polar surface area (TPSA) is 129 Å². The van der Waals surface area contributed by atoms with Gasteiger partial charge in [0.25, 0.3) is 0 Å². The monoisotopic (exact) mass is 384 g/mol. The highest BCUT2D eigenvalue weighted by Gasteiger charge is 2.66. The van der Waals surface area contributed by atoms with Gasteiger partial charge in [-0.25, -0.2) is 0 Å². The van der Waals surface area contributed by atoms with E-state index in [1.807, 2.05) is 12.1 Å². The van der Waals surface area contributed by atoms with Crippen molar-refractivity contribution in [2.24, 2.45) is 27.5 Å². The summed E-state index contributed by atoms with van der Waals surface area (Å²) < 4.78 is 4.91. The van der Waals surface area contributed by atoms with Crippen LogP contribution in [0, 0.1) is 39.4 Å². The number of hydrogen-bond acceptors (Lipinski definition) is 7. The van der Waals surface area contributed by atoms with Crippen LogP contribution in [0.15, 0.2) is 4.99 Å². The molecule has 1 amide bonds. The van der Waals surface area contributed by atoms with Crippen LogP contribution in [0.25, 0.3) is 0 Å². The lowest BCUT2D eigenvalue weighted by Crippen LogP contribution is -2.61.